The van der Waals surface area contributed by atoms with Gasteiger partial charge in [0.1, 0.15) is 11.3 Å². The lowest BCUT2D eigenvalue weighted by Gasteiger charge is -2.14. The second kappa shape index (κ2) is 6.49. The zero-order chi connectivity index (χ0) is 13.8. The molecular formula is C16H23NOS. The number of fused-ring (bicyclic) bond motifs is 1. The van der Waals surface area contributed by atoms with Gasteiger partial charge in [0.2, 0.25) is 0 Å². The molecule has 0 aliphatic rings. The molecule has 1 heterocycles. The summed E-state index contributed by atoms with van der Waals surface area (Å²) < 4.78 is 5.98. The molecule has 2 aromatic rings. The summed E-state index contributed by atoms with van der Waals surface area (Å²) in [6.45, 7) is 7.61. The lowest BCUT2D eigenvalue weighted by Crippen LogP contribution is -2.22. The molecule has 104 valence electrons. The summed E-state index contributed by atoms with van der Waals surface area (Å²) in [7, 11) is 0. The summed E-state index contributed by atoms with van der Waals surface area (Å²) >= 11 is 1.92. The van der Waals surface area contributed by atoms with Crippen molar-refractivity contribution in [3.63, 3.8) is 0 Å². The molecule has 2 atom stereocenters. The maximum absolute atomic E-state index is 5.98. The van der Waals surface area contributed by atoms with E-state index in [1.165, 1.54) is 17.4 Å². The van der Waals surface area contributed by atoms with Crippen molar-refractivity contribution in [3.05, 3.63) is 35.6 Å². The first-order valence-electron chi connectivity index (χ1n) is 6.87. The van der Waals surface area contributed by atoms with E-state index in [1.807, 2.05) is 23.9 Å². The molecule has 3 heteroatoms. The van der Waals surface area contributed by atoms with Gasteiger partial charge in [0.05, 0.1) is 6.04 Å². The fourth-order valence-corrected chi connectivity index (χ4v) is 2.67. The highest BCUT2D eigenvalue weighted by atomic mass is 32.2. The zero-order valence-corrected chi connectivity index (χ0v) is 13.0. The number of furan rings is 1. The van der Waals surface area contributed by atoms with E-state index in [9.17, 15) is 0 Å². The van der Waals surface area contributed by atoms with Gasteiger partial charge in [0.15, 0.2) is 0 Å². The van der Waals surface area contributed by atoms with Crippen LogP contribution in [0.5, 0.6) is 0 Å². The number of rotatable bonds is 6. The van der Waals surface area contributed by atoms with Crippen molar-refractivity contribution in [2.75, 3.05) is 12.8 Å². The average Bonchev–Trinajstić information content (AvgIpc) is 2.76. The fraction of sp³-hybridized carbons (Fsp3) is 0.500. The number of hydrogen-bond donors (Lipinski definition) is 1. The normalized spacial score (nSPS) is 14.7. The van der Waals surface area contributed by atoms with Crippen LogP contribution in [0.3, 0.4) is 0 Å². The van der Waals surface area contributed by atoms with E-state index in [2.05, 4.69) is 44.5 Å². The molecule has 2 nitrogen and oxygen atoms in total. The maximum Gasteiger partial charge on any atom is 0.134 e. The number of hydrogen-bond acceptors (Lipinski definition) is 3. The second-order valence-electron chi connectivity index (χ2n) is 5.10. The van der Waals surface area contributed by atoms with Crippen molar-refractivity contribution < 1.29 is 4.42 Å². The zero-order valence-electron chi connectivity index (χ0n) is 12.2. The molecule has 1 N–H and O–H groups in total. The molecule has 19 heavy (non-hydrogen) atoms. The maximum atomic E-state index is 5.98. The van der Waals surface area contributed by atoms with E-state index in [0.29, 0.717) is 5.25 Å². The first kappa shape index (κ1) is 14.5. The van der Waals surface area contributed by atoms with Crippen molar-refractivity contribution >= 4 is 22.7 Å². The number of aryl methyl sites for hydroxylation is 1. The van der Waals surface area contributed by atoms with Crippen LogP contribution in [-0.2, 0) is 0 Å². The molecular weight excluding hydrogens is 254 g/mol. The van der Waals surface area contributed by atoms with Crippen LogP contribution < -0.4 is 5.32 Å². The minimum Gasteiger partial charge on any atom is -0.459 e. The molecule has 0 spiro atoms. The average molecular weight is 277 g/mol. The Morgan fingerprint density at radius 1 is 1.26 bits per heavy atom. The highest BCUT2D eigenvalue weighted by Crippen LogP contribution is 2.29. The van der Waals surface area contributed by atoms with Crippen LogP contribution in [0.2, 0.25) is 0 Å². The Kier molecular flexibility index (Phi) is 4.94. The van der Waals surface area contributed by atoms with E-state index in [0.717, 1.165) is 17.9 Å². The monoisotopic (exact) mass is 277 g/mol. The van der Waals surface area contributed by atoms with Crippen LogP contribution in [-0.4, -0.2) is 18.1 Å². The van der Waals surface area contributed by atoms with Gasteiger partial charge in [-0.15, -0.1) is 0 Å². The fourth-order valence-electron chi connectivity index (χ4n) is 2.32. The summed E-state index contributed by atoms with van der Waals surface area (Å²) in [6.07, 6.45) is 3.35. The van der Waals surface area contributed by atoms with Crippen molar-refractivity contribution in [1.82, 2.24) is 5.32 Å². The lowest BCUT2D eigenvalue weighted by atomic mass is 10.1. The second-order valence-corrected chi connectivity index (χ2v) is 6.37. The summed E-state index contributed by atoms with van der Waals surface area (Å²) in [6, 6.07) is 8.51. The van der Waals surface area contributed by atoms with Crippen LogP contribution in [0.15, 0.2) is 28.7 Å². The smallest absolute Gasteiger partial charge is 0.134 e. The molecule has 1 aromatic carbocycles. The Morgan fingerprint density at radius 3 is 2.68 bits per heavy atom. The van der Waals surface area contributed by atoms with Crippen molar-refractivity contribution in [1.29, 1.82) is 0 Å². The third-order valence-electron chi connectivity index (χ3n) is 3.68. The molecule has 0 bridgehead atoms. The molecule has 0 saturated carbocycles. The van der Waals surface area contributed by atoms with E-state index >= 15 is 0 Å². The van der Waals surface area contributed by atoms with Gasteiger partial charge in [-0.25, -0.2) is 0 Å². The van der Waals surface area contributed by atoms with E-state index in [4.69, 9.17) is 4.42 Å². The Hall–Kier alpha value is -0.930. The molecule has 2 unspecified atom stereocenters. The van der Waals surface area contributed by atoms with Gasteiger partial charge in [-0.05, 0) is 44.7 Å². The predicted molar refractivity (Wildman–Crippen MR) is 85.0 cm³/mol. The van der Waals surface area contributed by atoms with E-state index in [1.54, 1.807) is 0 Å². The Balaban J connectivity index is 2.05. The summed E-state index contributed by atoms with van der Waals surface area (Å²) in [5.74, 6) is 1.07. The van der Waals surface area contributed by atoms with Gasteiger partial charge in [-0.1, -0.05) is 25.1 Å². The third-order valence-corrected chi connectivity index (χ3v) is 4.72. The van der Waals surface area contributed by atoms with Crippen molar-refractivity contribution in [2.45, 2.75) is 38.5 Å². The topological polar surface area (TPSA) is 25.2 Å². The Labute approximate surface area is 119 Å². The van der Waals surface area contributed by atoms with Crippen LogP contribution in [0.25, 0.3) is 11.0 Å². The van der Waals surface area contributed by atoms with Gasteiger partial charge >= 0.3 is 0 Å². The van der Waals surface area contributed by atoms with Gasteiger partial charge in [-0.2, -0.15) is 11.8 Å². The van der Waals surface area contributed by atoms with Gasteiger partial charge in [-0.3, -0.25) is 0 Å². The standard InChI is InChI=1S/C16H23NOS/c1-11(19-4)9-10-17-13(3)16-12(2)14-7-5-6-8-15(14)18-16/h5-8,11,13,17H,9-10H2,1-4H3. The van der Waals surface area contributed by atoms with Crippen LogP contribution >= 0.6 is 11.8 Å². The van der Waals surface area contributed by atoms with Crippen molar-refractivity contribution in [2.24, 2.45) is 0 Å². The lowest BCUT2D eigenvalue weighted by molar-refractivity contribution is 0.445. The molecule has 0 aliphatic heterocycles. The first-order valence-corrected chi connectivity index (χ1v) is 8.16. The van der Waals surface area contributed by atoms with Gasteiger partial charge in [0, 0.05) is 10.6 Å². The van der Waals surface area contributed by atoms with E-state index in [-0.39, 0.29) is 6.04 Å². The van der Waals surface area contributed by atoms with Gasteiger partial charge < -0.3 is 9.73 Å². The van der Waals surface area contributed by atoms with Crippen LogP contribution in [0.4, 0.5) is 0 Å². The van der Waals surface area contributed by atoms with Crippen LogP contribution in [0.1, 0.15) is 37.6 Å². The summed E-state index contributed by atoms with van der Waals surface area (Å²) in [4.78, 5) is 0. The third kappa shape index (κ3) is 3.34. The highest BCUT2D eigenvalue weighted by molar-refractivity contribution is 7.99. The summed E-state index contributed by atoms with van der Waals surface area (Å²) in [5.41, 5.74) is 2.25. The SMILES string of the molecule is CSC(C)CCNC(C)c1oc2ccccc2c1C. The largest absolute Gasteiger partial charge is 0.459 e. The highest BCUT2D eigenvalue weighted by Gasteiger charge is 2.15. The van der Waals surface area contributed by atoms with Crippen LogP contribution in [0, 0.1) is 6.92 Å². The Morgan fingerprint density at radius 2 is 2.00 bits per heavy atom. The van der Waals surface area contributed by atoms with Crippen molar-refractivity contribution in [3.8, 4) is 0 Å². The van der Waals surface area contributed by atoms with Gasteiger partial charge in [0.25, 0.3) is 0 Å². The molecule has 2 rings (SSSR count). The first-order chi connectivity index (χ1) is 9.13. The quantitative estimate of drug-likeness (QED) is 0.839. The molecule has 0 aliphatic carbocycles. The molecule has 1 aromatic heterocycles. The minimum atomic E-state index is 0.265. The predicted octanol–water partition coefficient (Wildman–Crippen LogP) is 4.53. The number of nitrogens with one attached hydrogen (secondary N) is 1. The molecule has 0 saturated heterocycles. The number of thioether (sulfide) groups is 1. The number of para-hydroxylation sites is 1. The molecule has 0 amide bonds. The summed E-state index contributed by atoms with van der Waals surface area (Å²) in [5, 5.41) is 5.49. The minimum absolute atomic E-state index is 0.265. The Bertz CT molecular complexity index is 535. The number of benzene rings is 1. The molecule has 0 radical (unpaired) electrons. The molecule has 0 fully saturated rings. The van der Waals surface area contributed by atoms with E-state index < -0.39 is 0 Å².